The van der Waals surface area contributed by atoms with Gasteiger partial charge in [0.2, 0.25) is 0 Å². The minimum absolute atomic E-state index is 0.0439. The summed E-state index contributed by atoms with van der Waals surface area (Å²) in [5, 5.41) is 0. The number of hydrogen-bond donors (Lipinski definition) is 0. The van der Waals surface area contributed by atoms with Crippen molar-refractivity contribution >= 4 is 23.2 Å². The zero-order valence-electron chi connectivity index (χ0n) is 14.5. The molecule has 0 radical (unpaired) electrons. The second-order valence-corrected chi connectivity index (χ2v) is 7.93. The predicted octanol–water partition coefficient (Wildman–Crippen LogP) is 3.82. The number of carbonyl (C=O) groups excluding carboxylic acids is 2. The van der Waals surface area contributed by atoms with E-state index < -0.39 is 0 Å². The molecule has 1 aromatic heterocycles. The van der Waals surface area contributed by atoms with Gasteiger partial charge in [-0.25, -0.2) is 0 Å². The van der Waals surface area contributed by atoms with Crippen molar-refractivity contribution in [1.82, 2.24) is 4.90 Å². The summed E-state index contributed by atoms with van der Waals surface area (Å²) in [6.45, 7) is 3.58. The number of fused-ring (bicyclic) bond motifs is 1. The first-order chi connectivity index (χ1) is 11.7. The largest absolute Gasteiger partial charge is 0.466 e. The van der Waals surface area contributed by atoms with E-state index in [1.54, 1.807) is 11.3 Å². The second kappa shape index (κ2) is 8.15. The summed E-state index contributed by atoms with van der Waals surface area (Å²) in [7, 11) is 0. The fraction of sp³-hybridized carbons (Fsp3) is 0.684. The molecule has 1 amide bonds. The van der Waals surface area contributed by atoms with Crippen molar-refractivity contribution in [3.05, 3.63) is 21.4 Å². The summed E-state index contributed by atoms with van der Waals surface area (Å²) in [6, 6.07) is 2.13. The van der Waals surface area contributed by atoms with E-state index in [0.29, 0.717) is 19.7 Å². The van der Waals surface area contributed by atoms with Gasteiger partial charge in [0.25, 0.3) is 5.91 Å². The van der Waals surface area contributed by atoms with Crippen LogP contribution in [0.4, 0.5) is 0 Å². The summed E-state index contributed by atoms with van der Waals surface area (Å²) in [5.41, 5.74) is 1.39. The standard InChI is InChI=1S/C19H27NO3S/c1-2-23-19(22)14-9-11-20(12-10-14)18(21)17-13-15-7-5-3-4-6-8-16(15)24-17/h13-14H,2-12H2,1H3. The average molecular weight is 349 g/mol. The molecule has 1 aliphatic carbocycles. The zero-order chi connectivity index (χ0) is 16.9. The molecule has 2 heterocycles. The van der Waals surface area contributed by atoms with Crippen molar-refractivity contribution in [3.63, 3.8) is 0 Å². The first-order valence-corrected chi connectivity index (χ1v) is 10.1. The lowest BCUT2D eigenvalue weighted by Gasteiger charge is -2.30. The minimum Gasteiger partial charge on any atom is -0.466 e. The highest BCUT2D eigenvalue weighted by molar-refractivity contribution is 7.14. The third kappa shape index (κ3) is 4.00. The quantitative estimate of drug-likeness (QED) is 0.779. The van der Waals surface area contributed by atoms with Gasteiger partial charge < -0.3 is 9.64 Å². The van der Waals surface area contributed by atoms with Crippen LogP contribution in [-0.4, -0.2) is 36.5 Å². The Morgan fingerprint density at radius 3 is 2.58 bits per heavy atom. The van der Waals surface area contributed by atoms with Gasteiger partial charge in [-0.1, -0.05) is 12.8 Å². The average Bonchev–Trinajstić information content (AvgIpc) is 2.96. The van der Waals surface area contributed by atoms with Gasteiger partial charge in [0, 0.05) is 18.0 Å². The molecule has 0 saturated carbocycles. The molecule has 0 spiro atoms. The first kappa shape index (κ1) is 17.5. The Bertz CT molecular complexity index is 562. The number of aryl methyl sites for hydroxylation is 2. The van der Waals surface area contributed by atoms with E-state index in [1.807, 2.05) is 11.8 Å². The smallest absolute Gasteiger partial charge is 0.309 e. The van der Waals surface area contributed by atoms with Gasteiger partial charge in [-0.05, 0) is 57.1 Å². The number of esters is 1. The molecule has 1 aliphatic heterocycles. The van der Waals surface area contributed by atoms with Gasteiger partial charge >= 0.3 is 5.97 Å². The van der Waals surface area contributed by atoms with Crippen LogP contribution in [0.25, 0.3) is 0 Å². The lowest BCUT2D eigenvalue weighted by atomic mass is 9.96. The summed E-state index contributed by atoms with van der Waals surface area (Å²) in [6.07, 6.45) is 8.77. The van der Waals surface area contributed by atoms with Crippen LogP contribution in [0.1, 0.15) is 65.6 Å². The van der Waals surface area contributed by atoms with Crippen molar-refractivity contribution in [2.24, 2.45) is 5.92 Å². The van der Waals surface area contributed by atoms with Gasteiger partial charge in [-0.2, -0.15) is 0 Å². The first-order valence-electron chi connectivity index (χ1n) is 9.26. The monoisotopic (exact) mass is 349 g/mol. The van der Waals surface area contributed by atoms with E-state index in [4.69, 9.17) is 4.74 Å². The third-order valence-corrected chi connectivity index (χ3v) is 6.33. The number of ether oxygens (including phenoxy) is 1. The molecular weight excluding hydrogens is 322 g/mol. The molecule has 1 saturated heterocycles. The molecule has 1 fully saturated rings. The molecule has 3 rings (SSSR count). The van der Waals surface area contributed by atoms with E-state index in [2.05, 4.69) is 6.07 Å². The Labute approximate surface area is 148 Å². The number of nitrogens with zero attached hydrogens (tertiary/aromatic N) is 1. The lowest BCUT2D eigenvalue weighted by Crippen LogP contribution is -2.40. The Morgan fingerprint density at radius 2 is 1.88 bits per heavy atom. The molecule has 2 aliphatic rings. The normalized spacial score (nSPS) is 19.3. The Hall–Kier alpha value is -1.36. The Balaban J connectivity index is 1.61. The Morgan fingerprint density at radius 1 is 1.17 bits per heavy atom. The van der Waals surface area contributed by atoms with E-state index in [0.717, 1.165) is 30.6 Å². The molecular formula is C19H27NO3S. The fourth-order valence-electron chi connectivity index (χ4n) is 3.68. The van der Waals surface area contributed by atoms with Crippen molar-refractivity contribution in [1.29, 1.82) is 0 Å². The lowest BCUT2D eigenvalue weighted by molar-refractivity contribution is -0.149. The minimum atomic E-state index is -0.108. The number of amides is 1. The maximum absolute atomic E-state index is 12.8. The topological polar surface area (TPSA) is 46.6 Å². The van der Waals surface area contributed by atoms with E-state index in [-0.39, 0.29) is 17.8 Å². The van der Waals surface area contributed by atoms with E-state index in [9.17, 15) is 9.59 Å². The molecule has 1 aromatic rings. The van der Waals surface area contributed by atoms with Gasteiger partial charge in [0.05, 0.1) is 17.4 Å². The third-order valence-electron chi connectivity index (χ3n) is 5.11. The number of piperidine rings is 1. The summed E-state index contributed by atoms with van der Waals surface area (Å²) >= 11 is 1.69. The molecule has 4 nitrogen and oxygen atoms in total. The molecule has 0 atom stereocenters. The van der Waals surface area contributed by atoms with Crippen LogP contribution in [0.3, 0.4) is 0 Å². The van der Waals surface area contributed by atoms with E-state index in [1.165, 1.54) is 36.1 Å². The van der Waals surface area contributed by atoms with Crippen molar-refractivity contribution in [3.8, 4) is 0 Å². The maximum atomic E-state index is 12.8. The zero-order valence-corrected chi connectivity index (χ0v) is 15.3. The van der Waals surface area contributed by atoms with E-state index >= 15 is 0 Å². The Kier molecular flexibility index (Phi) is 5.93. The van der Waals surface area contributed by atoms with Gasteiger partial charge in [-0.15, -0.1) is 11.3 Å². The van der Waals surface area contributed by atoms with Crippen LogP contribution >= 0.6 is 11.3 Å². The van der Waals surface area contributed by atoms with Crippen LogP contribution < -0.4 is 0 Å². The highest BCUT2D eigenvalue weighted by atomic mass is 32.1. The number of thiophene rings is 1. The van der Waals surface area contributed by atoms with Crippen LogP contribution in [0.15, 0.2) is 6.07 Å². The molecule has 24 heavy (non-hydrogen) atoms. The molecule has 0 unspecified atom stereocenters. The summed E-state index contributed by atoms with van der Waals surface area (Å²) in [4.78, 5) is 28.8. The van der Waals surface area contributed by atoms with Crippen LogP contribution in [0.5, 0.6) is 0 Å². The molecule has 0 aromatic carbocycles. The highest BCUT2D eigenvalue weighted by Gasteiger charge is 2.29. The number of carbonyl (C=O) groups is 2. The van der Waals surface area contributed by atoms with Crippen molar-refractivity contribution in [2.45, 2.75) is 58.3 Å². The van der Waals surface area contributed by atoms with Gasteiger partial charge in [0.15, 0.2) is 0 Å². The van der Waals surface area contributed by atoms with Gasteiger partial charge in [0.1, 0.15) is 0 Å². The van der Waals surface area contributed by atoms with Crippen LogP contribution in [0, 0.1) is 5.92 Å². The fourth-order valence-corrected chi connectivity index (χ4v) is 4.91. The number of hydrogen-bond acceptors (Lipinski definition) is 4. The van der Waals surface area contributed by atoms with Crippen molar-refractivity contribution in [2.75, 3.05) is 19.7 Å². The van der Waals surface area contributed by atoms with Crippen molar-refractivity contribution < 1.29 is 14.3 Å². The maximum Gasteiger partial charge on any atom is 0.309 e. The molecule has 0 N–H and O–H groups in total. The van der Waals surface area contributed by atoms with Crippen LogP contribution in [-0.2, 0) is 22.4 Å². The molecule has 5 heteroatoms. The molecule has 132 valence electrons. The van der Waals surface area contributed by atoms with Gasteiger partial charge in [-0.3, -0.25) is 9.59 Å². The SMILES string of the molecule is CCOC(=O)C1CCN(C(=O)c2cc3c(s2)CCCCCC3)CC1. The second-order valence-electron chi connectivity index (χ2n) is 6.79. The highest BCUT2D eigenvalue weighted by Crippen LogP contribution is 2.30. The molecule has 0 bridgehead atoms. The summed E-state index contributed by atoms with van der Waals surface area (Å²) in [5.74, 6) is -0.00434. The number of likely N-dealkylation sites (tertiary alicyclic amines) is 1. The van der Waals surface area contributed by atoms with Crippen LogP contribution in [0.2, 0.25) is 0 Å². The summed E-state index contributed by atoms with van der Waals surface area (Å²) < 4.78 is 5.10. The number of rotatable bonds is 3. The predicted molar refractivity (Wildman–Crippen MR) is 95.5 cm³/mol.